The van der Waals surface area contributed by atoms with Crippen molar-refractivity contribution in [1.82, 2.24) is 9.80 Å². The van der Waals surface area contributed by atoms with Gasteiger partial charge in [-0.1, -0.05) is 25.5 Å². The summed E-state index contributed by atoms with van der Waals surface area (Å²) in [4.78, 5) is 16.9. The van der Waals surface area contributed by atoms with Crippen LogP contribution >= 0.6 is 0 Å². The van der Waals surface area contributed by atoms with E-state index in [1.807, 2.05) is 17.0 Å². The molecule has 2 amide bonds. The normalized spacial score (nSPS) is 23.3. The molecule has 138 valence electrons. The summed E-state index contributed by atoms with van der Waals surface area (Å²) in [6, 6.07) is 8.70. The molecule has 0 unspecified atom stereocenters. The number of hydrogen-bond donors (Lipinski definition) is 1. The van der Waals surface area contributed by atoms with Crippen LogP contribution in [-0.4, -0.2) is 55.2 Å². The van der Waals surface area contributed by atoms with E-state index in [1.54, 1.807) is 0 Å². The molecule has 0 spiro atoms. The summed E-state index contributed by atoms with van der Waals surface area (Å²) in [6.45, 7) is 9.78. The summed E-state index contributed by atoms with van der Waals surface area (Å²) in [6.07, 6.45) is 3.51. The van der Waals surface area contributed by atoms with Crippen molar-refractivity contribution in [2.75, 3.05) is 44.7 Å². The van der Waals surface area contributed by atoms with Crippen LogP contribution in [0.15, 0.2) is 24.3 Å². The molecule has 1 aromatic rings. The fraction of sp³-hybridized carbons (Fsp3) is 0.650. The quantitative estimate of drug-likeness (QED) is 0.904. The molecule has 2 aliphatic heterocycles. The van der Waals surface area contributed by atoms with Crippen molar-refractivity contribution in [2.24, 2.45) is 5.92 Å². The predicted molar refractivity (Wildman–Crippen MR) is 101 cm³/mol. The minimum absolute atomic E-state index is 0.0344. The average molecular weight is 345 g/mol. The zero-order valence-electron chi connectivity index (χ0n) is 15.5. The minimum atomic E-state index is 0.0344. The molecule has 0 saturated carbocycles. The van der Waals surface area contributed by atoms with E-state index in [4.69, 9.17) is 4.74 Å². The molecular formula is C20H31N3O2. The third-order valence-electron chi connectivity index (χ3n) is 5.62. The SMILES string of the molecule is CC[C@H]1CCCN(C(=O)Nc2ccc([C@@H](C)N3CCOCC3)cc2)C1. The third-order valence-corrected chi connectivity index (χ3v) is 5.62. The molecule has 2 aliphatic rings. The molecule has 0 aromatic heterocycles. The molecular weight excluding hydrogens is 314 g/mol. The van der Waals surface area contributed by atoms with E-state index >= 15 is 0 Å². The number of carbonyl (C=O) groups is 1. The topological polar surface area (TPSA) is 44.8 Å². The van der Waals surface area contributed by atoms with Gasteiger partial charge in [0.05, 0.1) is 13.2 Å². The van der Waals surface area contributed by atoms with E-state index in [9.17, 15) is 4.79 Å². The fourth-order valence-electron chi connectivity index (χ4n) is 3.81. The highest BCUT2D eigenvalue weighted by atomic mass is 16.5. The van der Waals surface area contributed by atoms with Crippen LogP contribution < -0.4 is 5.32 Å². The molecule has 2 atom stereocenters. The monoisotopic (exact) mass is 345 g/mol. The zero-order chi connectivity index (χ0) is 17.6. The number of likely N-dealkylation sites (tertiary alicyclic amines) is 1. The lowest BCUT2D eigenvalue weighted by Crippen LogP contribution is -2.42. The number of hydrogen-bond acceptors (Lipinski definition) is 3. The lowest BCUT2D eigenvalue weighted by molar-refractivity contribution is 0.0198. The molecule has 0 radical (unpaired) electrons. The van der Waals surface area contributed by atoms with Crippen molar-refractivity contribution in [2.45, 2.75) is 39.2 Å². The van der Waals surface area contributed by atoms with Crippen molar-refractivity contribution in [3.05, 3.63) is 29.8 Å². The number of anilines is 1. The number of urea groups is 1. The van der Waals surface area contributed by atoms with Crippen LogP contribution in [-0.2, 0) is 4.74 Å². The van der Waals surface area contributed by atoms with Gasteiger partial charge >= 0.3 is 6.03 Å². The first kappa shape index (κ1) is 18.2. The molecule has 0 bridgehead atoms. The van der Waals surface area contributed by atoms with E-state index in [1.165, 1.54) is 12.0 Å². The minimum Gasteiger partial charge on any atom is -0.379 e. The summed E-state index contributed by atoms with van der Waals surface area (Å²) in [5.74, 6) is 0.649. The highest BCUT2D eigenvalue weighted by Crippen LogP contribution is 2.24. The largest absolute Gasteiger partial charge is 0.379 e. The van der Waals surface area contributed by atoms with Gasteiger partial charge in [-0.15, -0.1) is 0 Å². The molecule has 25 heavy (non-hydrogen) atoms. The summed E-state index contributed by atoms with van der Waals surface area (Å²) in [5, 5.41) is 3.06. The van der Waals surface area contributed by atoms with Gasteiger partial charge in [-0.2, -0.15) is 0 Å². The maximum absolute atomic E-state index is 12.5. The van der Waals surface area contributed by atoms with E-state index in [0.29, 0.717) is 12.0 Å². The molecule has 2 saturated heterocycles. The third kappa shape index (κ3) is 4.73. The molecule has 5 nitrogen and oxygen atoms in total. The van der Waals surface area contributed by atoms with E-state index in [0.717, 1.165) is 57.9 Å². The first-order chi connectivity index (χ1) is 12.2. The molecule has 1 aromatic carbocycles. The van der Waals surface area contributed by atoms with Gasteiger partial charge in [0.25, 0.3) is 0 Å². The maximum Gasteiger partial charge on any atom is 0.321 e. The Labute approximate surface area is 151 Å². The standard InChI is InChI=1S/C20H31N3O2/c1-3-17-5-4-10-23(15-17)20(24)21-19-8-6-18(7-9-19)16(2)22-11-13-25-14-12-22/h6-9,16-17H,3-5,10-15H2,1-2H3,(H,21,24)/t16-,17+/m1/s1. The average Bonchev–Trinajstić information content (AvgIpc) is 2.68. The Kier molecular flexibility index (Phi) is 6.32. The van der Waals surface area contributed by atoms with Crippen molar-refractivity contribution < 1.29 is 9.53 Å². The smallest absolute Gasteiger partial charge is 0.321 e. The summed E-state index contributed by atoms with van der Waals surface area (Å²) >= 11 is 0. The van der Waals surface area contributed by atoms with Crippen LogP contribution in [0, 0.1) is 5.92 Å². The molecule has 5 heteroatoms. The Morgan fingerprint density at radius 1 is 1.24 bits per heavy atom. The Hall–Kier alpha value is -1.59. The molecule has 2 fully saturated rings. The molecule has 0 aliphatic carbocycles. The number of benzene rings is 1. The second-order valence-electron chi connectivity index (χ2n) is 7.24. The van der Waals surface area contributed by atoms with Crippen molar-refractivity contribution in [3.8, 4) is 0 Å². The van der Waals surface area contributed by atoms with Gasteiger partial charge in [0.2, 0.25) is 0 Å². The molecule has 3 rings (SSSR count). The van der Waals surface area contributed by atoms with Gasteiger partial charge in [0, 0.05) is 37.9 Å². The summed E-state index contributed by atoms with van der Waals surface area (Å²) in [7, 11) is 0. The number of carbonyl (C=O) groups excluding carboxylic acids is 1. The number of morpholine rings is 1. The van der Waals surface area contributed by atoms with Gasteiger partial charge in [0.1, 0.15) is 0 Å². The van der Waals surface area contributed by atoms with Crippen molar-refractivity contribution in [1.29, 1.82) is 0 Å². The summed E-state index contributed by atoms with van der Waals surface area (Å²) in [5.41, 5.74) is 2.16. The first-order valence-corrected chi connectivity index (χ1v) is 9.65. The second kappa shape index (κ2) is 8.68. The molecule has 2 heterocycles. The number of piperidine rings is 1. The highest BCUT2D eigenvalue weighted by molar-refractivity contribution is 5.89. The van der Waals surface area contributed by atoms with Gasteiger partial charge in [-0.25, -0.2) is 4.79 Å². The number of rotatable bonds is 4. The van der Waals surface area contributed by atoms with Crippen LogP contribution in [0.4, 0.5) is 10.5 Å². The van der Waals surface area contributed by atoms with Crippen LogP contribution in [0.2, 0.25) is 0 Å². The van der Waals surface area contributed by atoms with Gasteiger partial charge in [-0.05, 0) is 43.4 Å². The van der Waals surface area contributed by atoms with Crippen molar-refractivity contribution in [3.63, 3.8) is 0 Å². The van der Waals surface area contributed by atoms with E-state index in [-0.39, 0.29) is 6.03 Å². The van der Waals surface area contributed by atoms with E-state index in [2.05, 4.69) is 36.2 Å². The molecule has 1 N–H and O–H groups in total. The van der Waals surface area contributed by atoms with E-state index < -0.39 is 0 Å². The Balaban J connectivity index is 1.55. The number of nitrogens with one attached hydrogen (secondary N) is 1. The van der Waals surface area contributed by atoms with Crippen molar-refractivity contribution >= 4 is 11.7 Å². The maximum atomic E-state index is 12.5. The van der Waals surface area contributed by atoms with Gasteiger partial charge in [0.15, 0.2) is 0 Å². The lowest BCUT2D eigenvalue weighted by atomic mass is 9.96. The Bertz CT molecular complexity index is 555. The van der Waals surface area contributed by atoms with Crippen LogP contribution in [0.1, 0.15) is 44.7 Å². The second-order valence-corrected chi connectivity index (χ2v) is 7.24. The lowest BCUT2D eigenvalue weighted by Gasteiger charge is -2.33. The number of amides is 2. The number of nitrogens with zero attached hydrogens (tertiary/aromatic N) is 2. The Morgan fingerprint density at radius 2 is 1.96 bits per heavy atom. The van der Waals surface area contributed by atoms with Gasteiger partial charge < -0.3 is 15.0 Å². The van der Waals surface area contributed by atoms with Crippen LogP contribution in [0.3, 0.4) is 0 Å². The highest BCUT2D eigenvalue weighted by Gasteiger charge is 2.23. The predicted octanol–water partition coefficient (Wildman–Crippen LogP) is 3.73. The first-order valence-electron chi connectivity index (χ1n) is 9.65. The number of ether oxygens (including phenoxy) is 1. The van der Waals surface area contributed by atoms with Gasteiger partial charge in [-0.3, -0.25) is 4.90 Å². The Morgan fingerprint density at radius 3 is 2.64 bits per heavy atom. The zero-order valence-corrected chi connectivity index (χ0v) is 15.5. The summed E-state index contributed by atoms with van der Waals surface area (Å²) < 4.78 is 5.43. The van der Waals surface area contributed by atoms with Crippen LogP contribution in [0.5, 0.6) is 0 Å². The van der Waals surface area contributed by atoms with Crippen LogP contribution in [0.25, 0.3) is 0 Å². The fourth-order valence-corrected chi connectivity index (χ4v) is 3.81.